The van der Waals surface area contributed by atoms with E-state index in [1.165, 1.54) is 0 Å². The molecule has 1 aromatic carbocycles. The molecule has 0 aromatic heterocycles. The molecular formula is C14H14N2OS2. The number of hydrogen-bond acceptors (Lipinski definition) is 4. The molecule has 2 unspecified atom stereocenters. The second-order valence-electron chi connectivity index (χ2n) is 4.42. The summed E-state index contributed by atoms with van der Waals surface area (Å²) in [6.45, 7) is 0.852. The van der Waals surface area contributed by atoms with E-state index in [2.05, 4.69) is 16.1 Å². The summed E-state index contributed by atoms with van der Waals surface area (Å²) < 4.78 is 11.7. The second-order valence-corrected chi connectivity index (χ2v) is 6.88. The molecule has 2 aliphatic heterocycles. The first-order chi connectivity index (χ1) is 9.22. The van der Waals surface area contributed by atoms with Gasteiger partial charge in [0.1, 0.15) is 5.04 Å². The zero-order valence-corrected chi connectivity index (χ0v) is 12.2. The fourth-order valence-corrected chi connectivity index (χ4v) is 3.86. The van der Waals surface area contributed by atoms with E-state index < -0.39 is 16.3 Å². The summed E-state index contributed by atoms with van der Waals surface area (Å²) in [7, 11) is -0.982. The maximum Gasteiger partial charge on any atom is 0.151 e. The van der Waals surface area contributed by atoms with Gasteiger partial charge in [-0.3, -0.25) is 14.2 Å². The van der Waals surface area contributed by atoms with Gasteiger partial charge in [0, 0.05) is 40.5 Å². The molecule has 98 valence electrons. The molecule has 0 radical (unpaired) electrons. The second kappa shape index (κ2) is 5.06. The molecule has 3 nitrogen and oxygen atoms in total. The van der Waals surface area contributed by atoms with E-state index in [1.54, 1.807) is 18.0 Å². The predicted octanol–water partition coefficient (Wildman–Crippen LogP) is 2.41. The maximum atomic E-state index is 11.7. The van der Waals surface area contributed by atoms with Crippen molar-refractivity contribution in [1.29, 1.82) is 0 Å². The fraction of sp³-hybridized carbons (Fsp3) is 0.286. The minimum Gasteiger partial charge on any atom is -0.279 e. The summed E-state index contributed by atoms with van der Waals surface area (Å²) in [5, 5.41) is 1.04. The zero-order valence-electron chi connectivity index (χ0n) is 10.6. The summed E-state index contributed by atoms with van der Waals surface area (Å²) in [5.74, 6) is 1.01. The van der Waals surface area contributed by atoms with E-state index in [0.717, 1.165) is 27.8 Å². The molecule has 0 N–H and O–H groups in total. The summed E-state index contributed by atoms with van der Waals surface area (Å²) in [4.78, 5) is 10.0. The molecule has 1 aromatic rings. The lowest BCUT2D eigenvalue weighted by Gasteiger charge is -2.24. The van der Waals surface area contributed by atoms with E-state index in [0.29, 0.717) is 0 Å². The number of hydrogen-bond donors (Lipinski definition) is 0. The third-order valence-electron chi connectivity index (χ3n) is 3.22. The molecule has 0 bridgehead atoms. The largest absolute Gasteiger partial charge is 0.279 e. The van der Waals surface area contributed by atoms with Crippen molar-refractivity contribution in [2.75, 3.05) is 18.6 Å². The van der Waals surface area contributed by atoms with Crippen LogP contribution in [-0.4, -0.2) is 34.0 Å². The summed E-state index contributed by atoms with van der Waals surface area (Å²) >= 11 is 1.76. The van der Waals surface area contributed by atoms with Gasteiger partial charge < -0.3 is 0 Å². The normalized spacial score (nSPS) is 26.7. The van der Waals surface area contributed by atoms with Crippen LogP contribution in [0.1, 0.15) is 5.56 Å². The van der Waals surface area contributed by atoms with Gasteiger partial charge in [-0.05, 0) is 29.8 Å². The van der Waals surface area contributed by atoms with Crippen molar-refractivity contribution in [3.63, 3.8) is 0 Å². The highest BCUT2D eigenvalue weighted by atomic mass is 32.2. The van der Waals surface area contributed by atoms with E-state index in [-0.39, 0.29) is 0 Å². The lowest BCUT2D eigenvalue weighted by molar-refractivity contribution is 0.686. The van der Waals surface area contributed by atoms with Crippen molar-refractivity contribution in [1.82, 2.24) is 0 Å². The van der Waals surface area contributed by atoms with Gasteiger partial charge in [-0.25, -0.2) is 0 Å². The van der Waals surface area contributed by atoms with Gasteiger partial charge in [0.2, 0.25) is 0 Å². The standard InChI is InChI=1S/C14H14N2OS2/c1-19(17)12-5-2-4-11(10-12)14(6-3-7-16-14)13-15-8-9-18-13/h2-7,10H,8-9H2,1H3. The monoisotopic (exact) mass is 290 g/mol. The number of thioether (sulfide) groups is 1. The van der Waals surface area contributed by atoms with E-state index in [1.807, 2.05) is 36.6 Å². The smallest absolute Gasteiger partial charge is 0.151 e. The van der Waals surface area contributed by atoms with Crippen molar-refractivity contribution < 1.29 is 4.21 Å². The van der Waals surface area contributed by atoms with Crippen LogP contribution < -0.4 is 0 Å². The van der Waals surface area contributed by atoms with Gasteiger partial charge in [-0.2, -0.15) is 0 Å². The van der Waals surface area contributed by atoms with Crippen LogP contribution >= 0.6 is 11.8 Å². The maximum absolute atomic E-state index is 11.7. The first kappa shape index (κ1) is 12.8. The Labute approximate surface area is 119 Å². The molecule has 0 spiro atoms. The molecule has 0 fully saturated rings. The third-order valence-corrected chi connectivity index (χ3v) is 5.24. The SMILES string of the molecule is CS(=O)c1cccc(C2(C3=NCCS3)C=CC=N2)c1. The first-order valence-corrected chi connectivity index (χ1v) is 8.61. The fourth-order valence-electron chi connectivity index (χ4n) is 2.28. The van der Waals surface area contributed by atoms with E-state index >= 15 is 0 Å². The number of aliphatic imine (C=N–C) groups is 2. The minimum atomic E-state index is -0.982. The Balaban J connectivity index is 2.11. The Bertz CT molecular complexity index is 608. The zero-order chi connectivity index (χ0) is 13.3. The Kier molecular flexibility index (Phi) is 3.41. The number of nitrogens with zero attached hydrogens (tertiary/aromatic N) is 2. The Morgan fingerprint density at radius 3 is 2.95 bits per heavy atom. The van der Waals surface area contributed by atoms with Crippen molar-refractivity contribution in [3.05, 3.63) is 42.0 Å². The average Bonchev–Trinajstić information content (AvgIpc) is 3.10. The van der Waals surface area contributed by atoms with Crippen molar-refractivity contribution in [3.8, 4) is 0 Å². The topological polar surface area (TPSA) is 41.8 Å². The lowest BCUT2D eigenvalue weighted by atomic mass is 9.92. The van der Waals surface area contributed by atoms with Crippen LogP contribution in [0.25, 0.3) is 0 Å². The van der Waals surface area contributed by atoms with Crippen LogP contribution in [-0.2, 0) is 16.3 Å². The molecule has 3 rings (SSSR count). The van der Waals surface area contributed by atoms with Gasteiger partial charge in [0.15, 0.2) is 5.54 Å². The Hall–Kier alpha value is -1.20. The van der Waals surface area contributed by atoms with Crippen molar-refractivity contribution in [2.45, 2.75) is 10.4 Å². The van der Waals surface area contributed by atoms with Crippen LogP contribution in [0.5, 0.6) is 0 Å². The number of benzene rings is 1. The molecule has 0 saturated carbocycles. The molecule has 19 heavy (non-hydrogen) atoms. The highest BCUT2D eigenvalue weighted by Crippen LogP contribution is 2.38. The van der Waals surface area contributed by atoms with Crippen LogP contribution in [0, 0.1) is 0 Å². The molecule has 2 atom stereocenters. The Morgan fingerprint density at radius 2 is 2.32 bits per heavy atom. The van der Waals surface area contributed by atoms with E-state index in [9.17, 15) is 4.21 Å². The van der Waals surface area contributed by atoms with Crippen LogP contribution in [0.15, 0.2) is 51.3 Å². The van der Waals surface area contributed by atoms with Crippen LogP contribution in [0.4, 0.5) is 0 Å². The highest BCUT2D eigenvalue weighted by Gasteiger charge is 2.38. The van der Waals surface area contributed by atoms with Gasteiger partial charge in [-0.1, -0.05) is 12.1 Å². The molecule has 0 amide bonds. The lowest BCUT2D eigenvalue weighted by Crippen LogP contribution is -2.27. The van der Waals surface area contributed by atoms with Crippen molar-refractivity contribution >= 4 is 33.8 Å². The van der Waals surface area contributed by atoms with Crippen molar-refractivity contribution in [2.24, 2.45) is 9.98 Å². The number of rotatable bonds is 3. The van der Waals surface area contributed by atoms with Gasteiger partial charge in [0.25, 0.3) is 0 Å². The van der Waals surface area contributed by atoms with Gasteiger partial charge in [0.05, 0.1) is 0 Å². The number of allylic oxidation sites excluding steroid dienone is 1. The predicted molar refractivity (Wildman–Crippen MR) is 82.8 cm³/mol. The van der Waals surface area contributed by atoms with Gasteiger partial charge in [-0.15, -0.1) is 11.8 Å². The van der Waals surface area contributed by atoms with Gasteiger partial charge >= 0.3 is 0 Å². The Morgan fingerprint density at radius 1 is 1.42 bits per heavy atom. The minimum absolute atomic E-state index is 0.490. The molecule has 2 aliphatic rings. The highest BCUT2D eigenvalue weighted by molar-refractivity contribution is 8.14. The quantitative estimate of drug-likeness (QED) is 0.858. The molecule has 0 aliphatic carbocycles. The summed E-state index contributed by atoms with van der Waals surface area (Å²) in [5.41, 5.74) is 0.551. The molecule has 0 saturated heterocycles. The van der Waals surface area contributed by atoms with Crippen LogP contribution in [0.3, 0.4) is 0 Å². The summed E-state index contributed by atoms with van der Waals surface area (Å²) in [6.07, 6.45) is 7.54. The third kappa shape index (κ3) is 2.21. The summed E-state index contributed by atoms with van der Waals surface area (Å²) in [6, 6.07) is 7.84. The first-order valence-electron chi connectivity index (χ1n) is 6.07. The average molecular weight is 290 g/mol. The van der Waals surface area contributed by atoms with Crippen LogP contribution in [0.2, 0.25) is 0 Å². The molecular weight excluding hydrogens is 276 g/mol. The van der Waals surface area contributed by atoms with E-state index in [4.69, 9.17) is 0 Å². The molecule has 5 heteroatoms. The molecule has 2 heterocycles.